The number of nitrogens with one attached hydrogen (secondary N) is 1. The Labute approximate surface area is 188 Å². The van der Waals surface area contributed by atoms with Crippen molar-refractivity contribution < 1.29 is 22.6 Å². The van der Waals surface area contributed by atoms with Crippen LogP contribution in [0.1, 0.15) is 36.8 Å². The topological polar surface area (TPSA) is 85.3 Å². The van der Waals surface area contributed by atoms with E-state index < -0.39 is 13.0 Å². The van der Waals surface area contributed by atoms with Crippen LogP contribution >= 0.6 is 0 Å². The summed E-state index contributed by atoms with van der Waals surface area (Å²) in [6, 6.07) is 8.25. The lowest BCUT2D eigenvalue weighted by molar-refractivity contribution is -0.324. The Bertz CT molecular complexity index is 1110. The van der Waals surface area contributed by atoms with Crippen LogP contribution in [0.5, 0.6) is 6.01 Å². The van der Waals surface area contributed by atoms with Crippen molar-refractivity contribution in [3.63, 3.8) is 0 Å². The average molecular weight is 465 g/mol. The van der Waals surface area contributed by atoms with Gasteiger partial charge in [-0.1, -0.05) is 24.3 Å². The summed E-state index contributed by atoms with van der Waals surface area (Å²) in [6.45, 7) is 3.26. The van der Waals surface area contributed by atoms with Gasteiger partial charge in [0.1, 0.15) is 5.52 Å². The highest BCUT2D eigenvalue weighted by Crippen LogP contribution is 2.17. The summed E-state index contributed by atoms with van der Waals surface area (Å²) in [6.07, 6.45) is -0.128. The van der Waals surface area contributed by atoms with Gasteiger partial charge in [-0.05, 0) is 49.9 Å². The normalized spacial score (nSPS) is 14.9. The van der Waals surface area contributed by atoms with Gasteiger partial charge in [-0.3, -0.25) is 14.2 Å². The fourth-order valence-corrected chi connectivity index (χ4v) is 3.83. The van der Waals surface area contributed by atoms with Crippen LogP contribution in [0.25, 0.3) is 11.2 Å². The minimum Gasteiger partial charge on any atom is -0.463 e. The standard InChI is InChI=1S/C22H26F3N5O3/c23-22(24,25)33-12-4-3-11-32-20-26-13-18-19(28-20)30(21(31)27-18)15-17-7-5-16(6-8-17)14-29-9-1-2-10-29/h5-8,13H,1-4,9-12,14-15H2,(H,27,31). The Hall–Kier alpha value is -2.92. The molecule has 1 aliphatic heterocycles. The van der Waals surface area contributed by atoms with E-state index in [4.69, 9.17) is 4.74 Å². The number of aromatic amines is 1. The van der Waals surface area contributed by atoms with E-state index in [1.54, 1.807) is 0 Å². The number of nitrogens with zero attached hydrogens (tertiary/aromatic N) is 4. The fraction of sp³-hybridized carbons (Fsp3) is 0.500. The quantitative estimate of drug-likeness (QED) is 0.462. The van der Waals surface area contributed by atoms with E-state index >= 15 is 0 Å². The van der Waals surface area contributed by atoms with E-state index in [-0.39, 0.29) is 24.7 Å². The predicted molar refractivity (Wildman–Crippen MR) is 115 cm³/mol. The highest BCUT2D eigenvalue weighted by molar-refractivity contribution is 5.69. The molecule has 0 bridgehead atoms. The lowest BCUT2D eigenvalue weighted by Gasteiger charge is -2.14. The molecule has 1 N–H and O–H groups in total. The molecule has 11 heteroatoms. The second-order valence-corrected chi connectivity index (χ2v) is 8.06. The second-order valence-electron chi connectivity index (χ2n) is 8.06. The largest absolute Gasteiger partial charge is 0.522 e. The minimum absolute atomic E-state index is 0.0629. The van der Waals surface area contributed by atoms with Crippen LogP contribution in [-0.2, 0) is 17.8 Å². The summed E-state index contributed by atoms with van der Waals surface area (Å²) in [7, 11) is 0. The number of imidazole rings is 1. The van der Waals surface area contributed by atoms with Gasteiger partial charge >= 0.3 is 18.1 Å². The molecule has 0 unspecified atom stereocenters. The van der Waals surface area contributed by atoms with Crippen LogP contribution in [0.4, 0.5) is 13.2 Å². The molecule has 3 heterocycles. The molecule has 0 saturated carbocycles. The number of halogens is 3. The number of likely N-dealkylation sites (tertiary alicyclic amines) is 1. The monoisotopic (exact) mass is 465 g/mol. The third kappa shape index (κ3) is 6.55. The number of hydrogen-bond acceptors (Lipinski definition) is 6. The number of fused-ring (bicyclic) bond motifs is 1. The molecule has 2 aromatic heterocycles. The summed E-state index contributed by atoms with van der Waals surface area (Å²) >= 11 is 0. The predicted octanol–water partition coefficient (Wildman–Crippen LogP) is 3.46. The first kappa shape index (κ1) is 23.2. The van der Waals surface area contributed by atoms with E-state index in [2.05, 4.69) is 36.7 Å². The molecule has 0 aliphatic carbocycles. The molecule has 0 amide bonds. The van der Waals surface area contributed by atoms with Crippen molar-refractivity contribution in [2.75, 3.05) is 26.3 Å². The number of hydrogen-bond donors (Lipinski definition) is 1. The van der Waals surface area contributed by atoms with Gasteiger partial charge in [0.15, 0.2) is 5.65 Å². The summed E-state index contributed by atoms with van der Waals surface area (Å²) in [4.78, 5) is 26.0. The first-order valence-corrected chi connectivity index (χ1v) is 11.0. The second kappa shape index (κ2) is 10.3. The van der Waals surface area contributed by atoms with E-state index in [1.807, 2.05) is 12.1 Å². The SMILES string of the molecule is O=c1[nH]c2cnc(OCCCCOC(F)(F)F)nc2n1Cc1ccc(CN2CCCC2)cc1. The third-order valence-electron chi connectivity index (χ3n) is 5.49. The molecular weight excluding hydrogens is 439 g/mol. The van der Waals surface area contributed by atoms with Gasteiger partial charge in [0.25, 0.3) is 0 Å². The summed E-state index contributed by atoms with van der Waals surface area (Å²) in [5.74, 6) is 0. The van der Waals surface area contributed by atoms with Crippen molar-refractivity contribution in [1.29, 1.82) is 0 Å². The summed E-state index contributed by atoms with van der Waals surface area (Å²) in [5.41, 5.74) is 2.80. The Morgan fingerprint density at radius 2 is 1.67 bits per heavy atom. The molecule has 1 aliphatic rings. The van der Waals surface area contributed by atoms with Crippen LogP contribution in [0.2, 0.25) is 0 Å². The van der Waals surface area contributed by atoms with Gasteiger partial charge in [0.05, 0.1) is 26.0 Å². The van der Waals surface area contributed by atoms with Crippen molar-refractivity contribution in [3.8, 4) is 6.01 Å². The molecule has 3 aromatic rings. The van der Waals surface area contributed by atoms with Crippen LogP contribution in [0.3, 0.4) is 0 Å². The molecule has 178 valence electrons. The van der Waals surface area contributed by atoms with Crippen molar-refractivity contribution in [1.82, 2.24) is 24.4 Å². The zero-order valence-corrected chi connectivity index (χ0v) is 18.1. The zero-order valence-electron chi connectivity index (χ0n) is 18.1. The molecule has 8 nitrogen and oxygen atoms in total. The molecular formula is C22H26F3N5O3. The summed E-state index contributed by atoms with van der Waals surface area (Å²) < 4.78 is 46.6. The van der Waals surface area contributed by atoms with E-state index in [0.29, 0.717) is 24.1 Å². The van der Waals surface area contributed by atoms with Gasteiger partial charge < -0.3 is 9.72 Å². The third-order valence-corrected chi connectivity index (χ3v) is 5.49. The number of benzene rings is 1. The summed E-state index contributed by atoms with van der Waals surface area (Å²) in [5, 5.41) is 0. The van der Waals surface area contributed by atoms with Crippen LogP contribution < -0.4 is 10.4 Å². The maximum Gasteiger partial charge on any atom is 0.522 e. The average Bonchev–Trinajstić information content (AvgIpc) is 3.39. The number of rotatable bonds is 10. The number of aromatic nitrogens is 4. The van der Waals surface area contributed by atoms with Crippen LogP contribution in [0, 0.1) is 0 Å². The minimum atomic E-state index is -4.62. The Balaban J connectivity index is 1.36. The van der Waals surface area contributed by atoms with E-state index in [1.165, 1.54) is 29.2 Å². The Kier molecular flexibility index (Phi) is 7.29. The number of ether oxygens (including phenoxy) is 2. The van der Waals surface area contributed by atoms with Gasteiger partial charge in [0, 0.05) is 6.54 Å². The van der Waals surface area contributed by atoms with E-state index in [9.17, 15) is 18.0 Å². The van der Waals surface area contributed by atoms with Crippen LogP contribution in [0.15, 0.2) is 35.3 Å². The maximum absolute atomic E-state index is 12.5. The van der Waals surface area contributed by atoms with Crippen LogP contribution in [-0.4, -0.2) is 57.1 Å². The molecule has 4 rings (SSSR count). The van der Waals surface area contributed by atoms with Crippen molar-refractivity contribution >= 4 is 11.2 Å². The molecule has 0 spiro atoms. The lowest BCUT2D eigenvalue weighted by Crippen LogP contribution is -2.19. The van der Waals surface area contributed by atoms with E-state index in [0.717, 1.165) is 25.2 Å². The van der Waals surface area contributed by atoms with Crippen molar-refractivity contribution in [2.24, 2.45) is 0 Å². The van der Waals surface area contributed by atoms with Crippen molar-refractivity contribution in [3.05, 3.63) is 52.1 Å². The molecule has 0 atom stereocenters. The van der Waals surface area contributed by atoms with Crippen molar-refractivity contribution in [2.45, 2.75) is 45.1 Å². The molecule has 0 radical (unpaired) electrons. The fourth-order valence-electron chi connectivity index (χ4n) is 3.83. The highest BCUT2D eigenvalue weighted by atomic mass is 19.4. The van der Waals surface area contributed by atoms with Gasteiger partial charge in [-0.25, -0.2) is 9.78 Å². The first-order chi connectivity index (χ1) is 15.9. The molecule has 1 fully saturated rings. The Morgan fingerprint density at radius 3 is 2.36 bits per heavy atom. The van der Waals surface area contributed by atoms with Gasteiger partial charge in [-0.15, -0.1) is 13.2 Å². The molecule has 1 saturated heterocycles. The number of alkyl halides is 3. The zero-order chi connectivity index (χ0) is 23.3. The number of H-pyrrole nitrogens is 1. The van der Waals surface area contributed by atoms with Gasteiger partial charge in [-0.2, -0.15) is 4.98 Å². The molecule has 1 aromatic carbocycles. The highest BCUT2D eigenvalue weighted by Gasteiger charge is 2.28. The smallest absolute Gasteiger partial charge is 0.463 e. The van der Waals surface area contributed by atoms with Gasteiger partial charge in [0.2, 0.25) is 0 Å². The first-order valence-electron chi connectivity index (χ1n) is 11.0. The number of unbranched alkanes of at least 4 members (excludes halogenated alkanes) is 1. The maximum atomic E-state index is 12.5. The lowest BCUT2D eigenvalue weighted by atomic mass is 10.1. The Morgan fingerprint density at radius 1 is 1.00 bits per heavy atom. The molecule has 33 heavy (non-hydrogen) atoms.